The third-order valence-corrected chi connectivity index (χ3v) is 4.84. The highest BCUT2D eigenvalue weighted by Crippen LogP contribution is 2.23. The Morgan fingerprint density at radius 3 is 3.09 bits per heavy atom. The summed E-state index contributed by atoms with van der Waals surface area (Å²) in [7, 11) is 0. The molecule has 7 heteroatoms. The maximum atomic E-state index is 12.2. The van der Waals surface area contributed by atoms with Crippen LogP contribution in [0, 0.1) is 5.92 Å². The fourth-order valence-electron chi connectivity index (χ4n) is 2.46. The second-order valence-electron chi connectivity index (χ2n) is 5.47. The molecular formula is C16H16ClN3O2S. The summed E-state index contributed by atoms with van der Waals surface area (Å²) in [5, 5.41) is 6.84. The van der Waals surface area contributed by atoms with Gasteiger partial charge in [0.05, 0.1) is 5.92 Å². The van der Waals surface area contributed by atoms with Gasteiger partial charge in [-0.25, -0.2) is 4.98 Å². The first-order chi connectivity index (χ1) is 11.1. The van der Waals surface area contributed by atoms with E-state index in [4.69, 9.17) is 11.6 Å². The Labute approximate surface area is 143 Å². The molecule has 0 spiro atoms. The van der Waals surface area contributed by atoms with Crippen LogP contribution in [-0.4, -0.2) is 23.3 Å². The van der Waals surface area contributed by atoms with E-state index in [0.29, 0.717) is 29.5 Å². The normalized spacial score (nSPS) is 17.6. The topological polar surface area (TPSA) is 71.1 Å². The zero-order valence-electron chi connectivity index (χ0n) is 12.3. The van der Waals surface area contributed by atoms with E-state index in [1.54, 1.807) is 6.20 Å². The highest BCUT2D eigenvalue weighted by atomic mass is 35.5. The van der Waals surface area contributed by atoms with Gasteiger partial charge in [0.1, 0.15) is 0 Å². The summed E-state index contributed by atoms with van der Waals surface area (Å²) in [5.41, 5.74) is 1.11. The van der Waals surface area contributed by atoms with Crippen molar-refractivity contribution >= 4 is 39.9 Å². The standard InChI is InChI=1S/C16H16ClN3O2S/c17-12-3-1-2-10(6-12)7-13-9-19-16(23-13)20-15(22)11-4-5-14(21)18-8-11/h1-3,6,9,11H,4-5,7-8H2,(H,18,21)(H,19,20,22)/t11-/m0/s1. The number of thiazole rings is 1. The number of halogens is 1. The summed E-state index contributed by atoms with van der Waals surface area (Å²) < 4.78 is 0. The second-order valence-corrected chi connectivity index (χ2v) is 7.02. The van der Waals surface area contributed by atoms with Crippen molar-refractivity contribution in [1.82, 2.24) is 10.3 Å². The summed E-state index contributed by atoms with van der Waals surface area (Å²) in [4.78, 5) is 28.6. The summed E-state index contributed by atoms with van der Waals surface area (Å²) in [6.07, 6.45) is 3.48. The van der Waals surface area contributed by atoms with Gasteiger partial charge in [-0.3, -0.25) is 9.59 Å². The molecule has 0 saturated carbocycles. The number of rotatable bonds is 4. The molecule has 0 aliphatic carbocycles. The number of carbonyl (C=O) groups excluding carboxylic acids is 2. The van der Waals surface area contributed by atoms with Crippen molar-refractivity contribution in [3.05, 3.63) is 45.9 Å². The van der Waals surface area contributed by atoms with Crippen LogP contribution in [-0.2, 0) is 16.0 Å². The van der Waals surface area contributed by atoms with E-state index in [-0.39, 0.29) is 17.7 Å². The summed E-state index contributed by atoms with van der Waals surface area (Å²) >= 11 is 7.44. The van der Waals surface area contributed by atoms with Gasteiger partial charge in [-0.1, -0.05) is 23.7 Å². The van der Waals surface area contributed by atoms with Crippen LogP contribution in [0.5, 0.6) is 0 Å². The van der Waals surface area contributed by atoms with Crippen LogP contribution in [0.15, 0.2) is 30.5 Å². The smallest absolute Gasteiger partial charge is 0.231 e. The van der Waals surface area contributed by atoms with E-state index in [0.717, 1.165) is 16.9 Å². The van der Waals surface area contributed by atoms with Crippen molar-refractivity contribution in [2.75, 3.05) is 11.9 Å². The fraction of sp³-hybridized carbons (Fsp3) is 0.312. The Balaban J connectivity index is 1.58. The number of aromatic nitrogens is 1. The van der Waals surface area contributed by atoms with Crippen LogP contribution in [0.2, 0.25) is 5.02 Å². The Morgan fingerprint density at radius 1 is 1.48 bits per heavy atom. The van der Waals surface area contributed by atoms with Crippen molar-refractivity contribution in [2.45, 2.75) is 19.3 Å². The highest BCUT2D eigenvalue weighted by molar-refractivity contribution is 7.15. The van der Waals surface area contributed by atoms with Crippen LogP contribution in [0.4, 0.5) is 5.13 Å². The number of piperidine rings is 1. The monoisotopic (exact) mass is 349 g/mol. The molecule has 2 N–H and O–H groups in total. The zero-order chi connectivity index (χ0) is 16.2. The van der Waals surface area contributed by atoms with Crippen molar-refractivity contribution in [1.29, 1.82) is 0 Å². The molecule has 120 valence electrons. The van der Waals surface area contributed by atoms with Gasteiger partial charge in [0, 0.05) is 35.5 Å². The first-order valence-electron chi connectivity index (χ1n) is 7.37. The zero-order valence-corrected chi connectivity index (χ0v) is 13.9. The lowest BCUT2D eigenvalue weighted by Gasteiger charge is -2.20. The maximum absolute atomic E-state index is 12.2. The van der Waals surface area contributed by atoms with Crippen LogP contribution in [0.1, 0.15) is 23.3 Å². The Morgan fingerprint density at radius 2 is 2.35 bits per heavy atom. The van der Waals surface area contributed by atoms with E-state index in [1.807, 2.05) is 24.3 Å². The van der Waals surface area contributed by atoms with Crippen LogP contribution in [0.25, 0.3) is 0 Å². The average Bonchev–Trinajstić information content (AvgIpc) is 2.95. The predicted octanol–water partition coefficient (Wildman–Crippen LogP) is 2.85. The molecule has 5 nitrogen and oxygen atoms in total. The highest BCUT2D eigenvalue weighted by Gasteiger charge is 2.25. The van der Waals surface area contributed by atoms with Crippen molar-refractivity contribution in [3.63, 3.8) is 0 Å². The lowest BCUT2D eigenvalue weighted by Crippen LogP contribution is -2.40. The van der Waals surface area contributed by atoms with Crippen molar-refractivity contribution < 1.29 is 9.59 Å². The number of nitrogens with zero attached hydrogens (tertiary/aromatic N) is 1. The van der Waals surface area contributed by atoms with Gasteiger partial charge < -0.3 is 10.6 Å². The molecule has 0 radical (unpaired) electrons. The van der Waals surface area contributed by atoms with Crippen LogP contribution < -0.4 is 10.6 Å². The molecular weight excluding hydrogens is 334 g/mol. The molecule has 2 amide bonds. The van der Waals surface area contributed by atoms with Gasteiger partial charge in [0.25, 0.3) is 0 Å². The van der Waals surface area contributed by atoms with Crippen molar-refractivity contribution in [2.24, 2.45) is 5.92 Å². The van der Waals surface area contributed by atoms with E-state index in [9.17, 15) is 9.59 Å². The molecule has 23 heavy (non-hydrogen) atoms. The minimum Gasteiger partial charge on any atom is -0.355 e. The molecule has 1 fully saturated rings. The summed E-state index contributed by atoms with van der Waals surface area (Å²) in [6, 6.07) is 7.68. The van der Waals surface area contributed by atoms with E-state index in [1.165, 1.54) is 11.3 Å². The number of anilines is 1. The SMILES string of the molecule is O=C1CC[C@H](C(=O)Nc2ncc(Cc3cccc(Cl)c3)s2)CN1. The Bertz CT molecular complexity index is 722. The summed E-state index contributed by atoms with van der Waals surface area (Å²) in [5.74, 6) is -0.270. The lowest BCUT2D eigenvalue weighted by atomic mass is 9.98. The first-order valence-corrected chi connectivity index (χ1v) is 8.56. The number of benzene rings is 1. The van der Waals surface area contributed by atoms with Crippen LogP contribution >= 0.6 is 22.9 Å². The summed E-state index contributed by atoms with van der Waals surface area (Å²) in [6.45, 7) is 0.394. The van der Waals surface area contributed by atoms with Gasteiger partial charge in [0.2, 0.25) is 11.8 Å². The first kappa shape index (κ1) is 16.0. The number of hydrogen-bond acceptors (Lipinski definition) is 4. The third-order valence-electron chi connectivity index (χ3n) is 3.69. The second kappa shape index (κ2) is 7.10. The molecule has 1 aliphatic heterocycles. The van der Waals surface area contributed by atoms with E-state index in [2.05, 4.69) is 15.6 Å². The van der Waals surface area contributed by atoms with Gasteiger partial charge >= 0.3 is 0 Å². The number of carbonyl (C=O) groups is 2. The molecule has 0 bridgehead atoms. The number of hydrogen-bond donors (Lipinski definition) is 2. The molecule has 1 aromatic heterocycles. The molecule has 1 saturated heterocycles. The van der Waals surface area contributed by atoms with E-state index < -0.39 is 0 Å². The number of nitrogens with one attached hydrogen (secondary N) is 2. The van der Waals surface area contributed by atoms with Gasteiger partial charge in [0.15, 0.2) is 5.13 Å². The third kappa shape index (κ3) is 4.30. The number of amides is 2. The average molecular weight is 350 g/mol. The largest absolute Gasteiger partial charge is 0.355 e. The minimum absolute atomic E-state index is 0.00658. The molecule has 3 rings (SSSR count). The van der Waals surface area contributed by atoms with Gasteiger partial charge in [-0.2, -0.15) is 0 Å². The maximum Gasteiger partial charge on any atom is 0.231 e. The molecule has 2 heterocycles. The van der Waals surface area contributed by atoms with Gasteiger partial charge in [-0.05, 0) is 24.1 Å². The molecule has 1 aromatic carbocycles. The minimum atomic E-state index is -0.187. The van der Waals surface area contributed by atoms with Crippen LogP contribution in [0.3, 0.4) is 0 Å². The molecule has 2 aromatic rings. The molecule has 1 aliphatic rings. The quantitative estimate of drug-likeness (QED) is 0.891. The molecule has 0 unspecified atom stereocenters. The van der Waals surface area contributed by atoms with Gasteiger partial charge in [-0.15, -0.1) is 11.3 Å². The predicted molar refractivity (Wildman–Crippen MR) is 90.7 cm³/mol. The Kier molecular flexibility index (Phi) is 4.93. The Hall–Kier alpha value is -1.92. The van der Waals surface area contributed by atoms with Crippen molar-refractivity contribution in [3.8, 4) is 0 Å². The lowest BCUT2D eigenvalue weighted by molar-refractivity contribution is -0.126. The molecule has 1 atom stereocenters. The fourth-order valence-corrected chi connectivity index (χ4v) is 3.52. The van der Waals surface area contributed by atoms with E-state index >= 15 is 0 Å².